The van der Waals surface area contributed by atoms with Crippen molar-refractivity contribution in [2.24, 2.45) is 0 Å². The molecular weight excluding hydrogens is 181 g/mol. The zero-order valence-corrected chi connectivity index (χ0v) is 6.52. The number of rotatable bonds is 3. The number of halogens is 3. The highest BCUT2D eigenvalue weighted by Gasteiger charge is 2.10. The largest absolute Gasteiger partial charge is 0.245 e. The van der Waals surface area contributed by atoms with Crippen LogP contribution in [0.3, 0.4) is 0 Å². The highest BCUT2D eigenvalue weighted by atomic mass is 19.2. The van der Waals surface area contributed by atoms with Crippen molar-refractivity contribution in [1.29, 1.82) is 10.5 Å². The molecule has 0 amide bonds. The monoisotopic (exact) mass is 186 g/mol. The molecule has 0 unspecified atom stereocenters. The van der Waals surface area contributed by atoms with Gasteiger partial charge in [0.1, 0.15) is 12.7 Å². The van der Waals surface area contributed by atoms with Crippen molar-refractivity contribution in [3.63, 3.8) is 0 Å². The fraction of sp³-hybridized carbons (Fsp3) is 0.250. The van der Waals surface area contributed by atoms with Gasteiger partial charge in [0.15, 0.2) is 11.7 Å². The van der Waals surface area contributed by atoms with Crippen molar-refractivity contribution in [1.82, 2.24) is 0 Å². The minimum atomic E-state index is -1.54. The van der Waals surface area contributed by atoms with Gasteiger partial charge in [-0.1, -0.05) is 0 Å². The molecule has 0 atom stereocenters. The van der Waals surface area contributed by atoms with Crippen LogP contribution in [0, 0.1) is 22.7 Å². The molecule has 0 spiro atoms. The molecular formula is C8H5F3N2. The number of allylic oxidation sites excluding steroid dienone is 4. The second-order valence-electron chi connectivity index (χ2n) is 1.95. The van der Waals surface area contributed by atoms with Gasteiger partial charge in [-0.3, -0.25) is 0 Å². The van der Waals surface area contributed by atoms with Gasteiger partial charge in [0.05, 0.1) is 18.1 Å². The van der Waals surface area contributed by atoms with E-state index in [0.717, 1.165) is 0 Å². The van der Waals surface area contributed by atoms with Crippen LogP contribution in [0.15, 0.2) is 23.3 Å². The van der Waals surface area contributed by atoms with Crippen molar-refractivity contribution in [2.75, 3.05) is 6.67 Å². The summed E-state index contributed by atoms with van der Waals surface area (Å²) in [6.45, 7) is -1.36. The fourth-order valence-corrected chi connectivity index (χ4v) is 0.507. The molecule has 0 aliphatic heterocycles. The Balaban J connectivity index is 4.79. The predicted molar refractivity (Wildman–Crippen MR) is 39.1 cm³/mol. The van der Waals surface area contributed by atoms with Gasteiger partial charge < -0.3 is 0 Å². The third-order valence-electron chi connectivity index (χ3n) is 1.12. The van der Waals surface area contributed by atoms with E-state index < -0.39 is 23.9 Å². The molecule has 0 saturated carbocycles. The molecule has 13 heavy (non-hydrogen) atoms. The summed E-state index contributed by atoms with van der Waals surface area (Å²) >= 11 is 0. The molecule has 0 aromatic carbocycles. The maximum absolute atomic E-state index is 12.6. The first-order valence-electron chi connectivity index (χ1n) is 3.25. The van der Waals surface area contributed by atoms with E-state index in [1.165, 1.54) is 6.07 Å². The number of alkyl halides is 1. The summed E-state index contributed by atoms with van der Waals surface area (Å²) in [5.74, 6) is -2.92. The lowest BCUT2D eigenvalue weighted by Gasteiger charge is -1.93. The molecule has 0 N–H and O–H groups in total. The van der Waals surface area contributed by atoms with Crippen LogP contribution in [0.4, 0.5) is 13.2 Å². The standard InChI is InChI=1S/C8H5F3N2/c9-4-6(5-13)8(11)7(10)2-1-3-12/h2H,1,4H2/b7-2-,8-6-. The summed E-state index contributed by atoms with van der Waals surface area (Å²) in [6.07, 6.45) is 0.312. The Morgan fingerprint density at radius 2 is 1.92 bits per heavy atom. The zero-order valence-electron chi connectivity index (χ0n) is 6.52. The number of hydrogen-bond donors (Lipinski definition) is 0. The van der Waals surface area contributed by atoms with E-state index in [4.69, 9.17) is 10.5 Å². The predicted octanol–water partition coefficient (Wildman–Crippen LogP) is 2.47. The quantitative estimate of drug-likeness (QED) is 0.502. The zero-order chi connectivity index (χ0) is 10.3. The first kappa shape index (κ1) is 11.2. The Bertz CT molecular complexity index is 317. The molecule has 0 aliphatic carbocycles. The van der Waals surface area contributed by atoms with Crippen molar-refractivity contribution in [3.05, 3.63) is 23.3 Å². The van der Waals surface area contributed by atoms with Crippen molar-refractivity contribution < 1.29 is 13.2 Å². The SMILES string of the molecule is N#CC/C=C(F)/C(F)=C(/C#N)CF. The molecule has 0 aromatic rings. The molecule has 0 heterocycles. The maximum Gasteiger partial charge on any atom is 0.174 e. The van der Waals surface area contributed by atoms with E-state index in [1.54, 1.807) is 6.07 Å². The third kappa shape index (κ3) is 3.44. The van der Waals surface area contributed by atoms with E-state index in [2.05, 4.69) is 0 Å². The van der Waals surface area contributed by atoms with Gasteiger partial charge in [-0.2, -0.15) is 10.5 Å². The molecule has 0 aliphatic rings. The topological polar surface area (TPSA) is 47.6 Å². The number of nitriles is 2. The van der Waals surface area contributed by atoms with E-state index in [-0.39, 0.29) is 6.42 Å². The third-order valence-corrected chi connectivity index (χ3v) is 1.12. The van der Waals surface area contributed by atoms with Crippen molar-refractivity contribution in [3.8, 4) is 12.1 Å². The van der Waals surface area contributed by atoms with Crippen LogP contribution >= 0.6 is 0 Å². The molecule has 0 bridgehead atoms. The highest BCUT2D eigenvalue weighted by molar-refractivity contribution is 5.34. The smallest absolute Gasteiger partial charge is 0.174 e. The van der Waals surface area contributed by atoms with Crippen LogP contribution in [-0.4, -0.2) is 6.67 Å². The molecule has 0 saturated heterocycles. The van der Waals surface area contributed by atoms with E-state index in [0.29, 0.717) is 6.08 Å². The Hall–Kier alpha value is -1.75. The van der Waals surface area contributed by atoms with E-state index in [1.807, 2.05) is 0 Å². The second kappa shape index (κ2) is 5.84. The first-order valence-corrected chi connectivity index (χ1v) is 3.25. The van der Waals surface area contributed by atoms with Crippen LogP contribution in [-0.2, 0) is 0 Å². The van der Waals surface area contributed by atoms with Gasteiger partial charge in [0.2, 0.25) is 0 Å². The van der Waals surface area contributed by atoms with Crippen LogP contribution in [0.5, 0.6) is 0 Å². The minimum Gasteiger partial charge on any atom is -0.245 e. The fourth-order valence-electron chi connectivity index (χ4n) is 0.507. The number of nitrogens with zero attached hydrogens (tertiary/aromatic N) is 2. The van der Waals surface area contributed by atoms with Gasteiger partial charge in [0, 0.05) is 0 Å². The normalized spacial score (nSPS) is 12.8. The average molecular weight is 186 g/mol. The van der Waals surface area contributed by atoms with Gasteiger partial charge in [0.25, 0.3) is 0 Å². The summed E-state index contributed by atoms with van der Waals surface area (Å²) < 4.78 is 37.0. The average Bonchev–Trinajstić information content (AvgIpc) is 2.15. The van der Waals surface area contributed by atoms with Crippen molar-refractivity contribution >= 4 is 0 Å². The Labute approximate surface area is 73.2 Å². The molecule has 0 radical (unpaired) electrons. The van der Waals surface area contributed by atoms with E-state index in [9.17, 15) is 13.2 Å². The molecule has 0 fully saturated rings. The van der Waals surface area contributed by atoms with Gasteiger partial charge in [-0.25, -0.2) is 13.2 Å². The Kier molecular flexibility index (Phi) is 5.06. The minimum absolute atomic E-state index is 0.329. The lowest BCUT2D eigenvalue weighted by atomic mass is 10.2. The summed E-state index contributed by atoms with van der Waals surface area (Å²) in [6, 6.07) is 2.72. The Morgan fingerprint density at radius 1 is 1.31 bits per heavy atom. The van der Waals surface area contributed by atoms with Crippen LogP contribution in [0.25, 0.3) is 0 Å². The molecule has 0 aromatic heterocycles. The van der Waals surface area contributed by atoms with Gasteiger partial charge in [-0.15, -0.1) is 0 Å². The van der Waals surface area contributed by atoms with Crippen LogP contribution in [0.1, 0.15) is 6.42 Å². The second-order valence-corrected chi connectivity index (χ2v) is 1.95. The van der Waals surface area contributed by atoms with Crippen LogP contribution in [0.2, 0.25) is 0 Å². The number of hydrogen-bond acceptors (Lipinski definition) is 2. The van der Waals surface area contributed by atoms with Gasteiger partial charge in [-0.05, 0) is 6.08 Å². The summed E-state index contributed by atoms with van der Waals surface area (Å²) in [5.41, 5.74) is -0.910. The summed E-state index contributed by atoms with van der Waals surface area (Å²) in [4.78, 5) is 0. The van der Waals surface area contributed by atoms with Crippen LogP contribution < -0.4 is 0 Å². The maximum atomic E-state index is 12.6. The highest BCUT2D eigenvalue weighted by Crippen LogP contribution is 2.18. The molecule has 5 heteroatoms. The lowest BCUT2D eigenvalue weighted by Crippen LogP contribution is -1.88. The lowest BCUT2D eigenvalue weighted by molar-refractivity contribution is 0.503. The Morgan fingerprint density at radius 3 is 2.31 bits per heavy atom. The molecule has 0 rings (SSSR count). The summed E-state index contributed by atoms with van der Waals surface area (Å²) in [5, 5.41) is 16.1. The summed E-state index contributed by atoms with van der Waals surface area (Å²) in [7, 11) is 0. The van der Waals surface area contributed by atoms with Crippen molar-refractivity contribution in [2.45, 2.75) is 6.42 Å². The first-order chi connectivity index (χ1) is 6.17. The van der Waals surface area contributed by atoms with Gasteiger partial charge >= 0.3 is 0 Å². The molecule has 2 nitrogen and oxygen atoms in total. The molecule has 68 valence electrons. The van der Waals surface area contributed by atoms with E-state index >= 15 is 0 Å².